The van der Waals surface area contributed by atoms with Crippen LogP contribution in [-0.2, 0) is 16.4 Å². The van der Waals surface area contributed by atoms with Gasteiger partial charge >= 0.3 is 0 Å². The molecule has 2 aromatic rings. The number of furan rings is 1. The van der Waals surface area contributed by atoms with E-state index < -0.39 is 9.84 Å². The minimum Gasteiger partial charge on any atom is -0.492 e. The second kappa shape index (κ2) is 10.3. The molecule has 1 aromatic carbocycles. The summed E-state index contributed by atoms with van der Waals surface area (Å²) in [5.41, 5.74) is 0. The summed E-state index contributed by atoms with van der Waals surface area (Å²) >= 11 is 0. The molecule has 0 atom stereocenters. The van der Waals surface area contributed by atoms with Gasteiger partial charge in [0.15, 0.2) is 15.8 Å². The van der Waals surface area contributed by atoms with Gasteiger partial charge in [-0.2, -0.15) is 0 Å². The van der Waals surface area contributed by atoms with Crippen molar-refractivity contribution in [1.29, 1.82) is 0 Å². The largest absolute Gasteiger partial charge is 0.492 e. The molecule has 0 bridgehead atoms. The average Bonchev–Trinajstić information content (AvgIpc) is 3.07. The Kier molecular flexibility index (Phi) is 8.76. The molecule has 0 fully saturated rings. The van der Waals surface area contributed by atoms with E-state index in [1.54, 1.807) is 25.4 Å². The van der Waals surface area contributed by atoms with Crippen molar-refractivity contribution in [2.75, 3.05) is 26.5 Å². The summed E-state index contributed by atoms with van der Waals surface area (Å²) in [5.74, 6) is 2.07. The van der Waals surface area contributed by atoms with Gasteiger partial charge in [0.05, 0.1) is 24.2 Å². The van der Waals surface area contributed by atoms with E-state index in [-0.39, 0.29) is 28.9 Å². The first-order valence-electron chi connectivity index (χ1n) is 7.39. The SMILES string of the molecule is CN=C(NCCOc1ccc(S(C)(=O)=O)cc1)NCc1ccco1.I. The molecule has 0 saturated heterocycles. The number of hydrogen-bond donors (Lipinski definition) is 2. The van der Waals surface area contributed by atoms with Crippen LogP contribution in [0.25, 0.3) is 0 Å². The summed E-state index contributed by atoms with van der Waals surface area (Å²) in [5, 5.41) is 6.23. The van der Waals surface area contributed by atoms with Crippen molar-refractivity contribution < 1.29 is 17.6 Å². The van der Waals surface area contributed by atoms with Gasteiger partial charge in [-0.25, -0.2) is 8.42 Å². The third-order valence-electron chi connectivity index (χ3n) is 3.15. The molecule has 138 valence electrons. The summed E-state index contributed by atoms with van der Waals surface area (Å²) in [6.45, 7) is 1.51. The molecule has 25 heavy (non-hydrogen) atoms. The number of aliphatic imine (C=N–C) groups is 1. The maximum absolute atomic E-state index is 11.4. The van der Waals surface area contributed by atoms with Crippen molar-refractivity contribution in [3.05, 3.63) is 48.4 Å². The summed E-state index contributed by atoms with van der Waals surface area (Å²) in [4.78, 5) is 4.37. The first kappa shape index (κ1) is 21.3. The van der Waals surface area contributed by atoms with Crippen LogP contribution in [0.1, 0.15) is 5.76 Å². The molecule has 0 aliphatic heterocycles. The smallest absolute Gasteiger partial charge is 0.191 e. The number of guanidine groups is 1. The molecule has 0 saturated carbocycles. The Hall–Kier alpha value is -1.75. The van der Waals surface area contributed by atoms with Gasteiger partial charge in [-0.1, -0.05) is 0 Å². The van der Waals surface area contributed by atoms with E-state index in [1.807, 2.05) is 12.1 Å². The van der Waals surface area contributed by atoms with E-state index in [2.05, 4.69) is 15.6 Å². The Morgan fingerprint density at radius 3 is 2.48 bits per heavy atom. The van der Waals surface area contributed by atoms with Crippen LogP contribution in [0, 0.1) is 0 Å². The summed E-state index contributed by atoms with van der Waals surface area (Å²) < 4.78 is 33.6. The van der Waals surface area contributed by atoms with Gasteiger partial charge < -0.3 is 19.8 Å². The molecular weight excluding hydrogens is 457 g/mol. The molecule has 1 aromatic heterocycles. The van der Waals surface area contributed by atoms with Crippen LogP contribution in [-0.4, -0.2) is 40.8 Å². The first-order chi connectivity index (χ1) is 11.5. The lowest BCUT2D eigenvalue weighted by Gasteiger charge is -2.12. The van der Waals surface area contributed by atoms with Crippen LogP contribution in [0.3, 0.4) is 0 Å². The summed E-state index contributed by atoms with van der Waals surface area (Å²) in [7, 11) is -1.50. The van der Waals surface area contributed by atoms with Gasteiger partial charge in [0.1, 0.15) is 18.1 Å². The number of halogens is 1. The minimum absolute atomic E-state index is 0. The molecule has 9 heteroatoms. The third-order valence-corrected chi connectivity index (χ3v) is 4.28. The number of ether oxygens (including phenoxy) is 1. The van der Waals surface area contributed by atoms with Crippen LogP contribution in [0.4, 0.5) is 0 Å². The topological polar surface area (TPSA) is 92.9 Å². The molecule has 2 rings (SSSR count). The van der Waals surface area contributed by atoms with Crippen LogP contribution in [0.5, 0.6) is 5.75 Å². The zero-order valence-corrected chi connectivity index (χ0v) is 17.2. The second-order valence-electron chi connectivity index (χ2n) is 5.02. The van der Waals surface area contributed by atoms with Crippen molar-refractivity contribution in [3.63, 3.8) is 0 Å². The molecule has 0 radical (unpaired) electrons. The van der Waals surface area contributed by atoms with Gasteiger partial charge in [-0.15, -0.1) is 24.0 Å². The van der Waals surface area contributed by atoms with E-state index >= 15 is 0 Å². The Labute approximate surface area is 164 Å². The highest BCUT2D eigenvalue weighted by molar-refractivity contribution is 14.0. The zero-order chi connectivity index (χ0) is 17.4. The van der Waals surface area contributed by atoms with Gasteiger partial charge in [0.2, 0.25) is 0 Å². The summed E-state index contributed by atoms with van der Waals surface area (Å²) in [6.07, 6.45) is 2.80. The van der Waals surface area contributed by atoms with E-state index in [0.717, 1.165) is 5.76 Å². The van der Waals surface area contributed by atoms with Crippen molar-refractivity contribution in [2.24, 2.45) is 4.99 Å². The molecule has 0 spiro atoms. The lowest BCUT2D eigenvalue weighted by Crippen LogP contribution is -2.38. The van der Waals surface area contributed by atoms with Crippen LogP contribution in [0.2, 0.25) is 0 Å². The van der Waals surface area contributed by atoms with Crippen LogP contribution in [0.15, 0.2) is 57.0 Å². The number of nitrogens with one attached hydrogen (secondary N) is 2. The Balaban J connectivity index is 0.00000312. The van der Waals surface area contributed by atoms with Crippen molar-refractivity contribution in [3.8, 4) is 5.75 Å². The molecule has 7 nitrogen and oxygen atoms in total. The molecule has 1 heterocycles. The lowest BCUT2D eigenvalue weighted by molar-refractivity contribution is 0.321. The van der Waals surface area contributed by atoms with E-state index in [0.29, 0.717) is 31.4 Å². The Bertz CT molecular complexity index is 759. The highest BCUT2D eigenvalue weighted by atomic mass is 127. The molecule has 0 aliphatic carbocycles. The van der Waals surface area contributed by atoms with Crippen LogP contribution >= 0.6 is 24.0 Å². The number of hydrogen-bond acceptors (Lipinski definition) is 5. The number of benzene rings is 1. The number of nitrogens with zero attached hydrogens (tertiary/aromatic N) is 1. The van der Waals surface area contributed by atoms with Crippen molar-refractivity contribution in [1.82, 2.24) is 10.6 Å². The maximum Gasteiger partial charge on any atom is 0.191 e. The highest BCUT2D eigenvalue weighted by Crippen LogP contribution is 2.15. The molecule has 0 unspecified atom stereocenters. The molecule has 0 aliphatic rings. The predicted molar refractivity (Wildman–Crippen MR) is 107 cm³/mol. The molecule has 0 amide bonds. The van der Waals surface area contributed by atoms with Gasteiger partial charge in [0, 0.05) is 13.3 Å². The zero-order valence-electron chi connectivity index (χ0n) is 14.1. The monoisotopic (exact) mass is 479 g/mol. The van der Waals surface area contributed by atoms with Crippen molar-refractivity contribution >= 4 is 39.8 Å². The molecule has 2 N–H and O–H groups in total. The molecular formula is C16H22IN3O4S. The average molecular weight is 479 g/mol. The fourth-order valence-corrected chi connectivity index (χ4v) is 2.56. The van der Waals surface area contributed by atoms with E-state index in [9.17, 15) is 8.42 Å². The van der Waals surface area contributed by atoms with E-state index in [1.165, 1.54) is 18.4 Å². The fourth-order valence-electron chi connectivity index (χ4n) is 1.93. The fraction of sp³-hybridized carbons (Fsp3) is 0.312. The van der Waals surface area contributed by atoms with E-state index in [4.69, 9.17) is 9.15 Å². The normalized spacial score (nSPS) is 11.5. The van der Waals surface area contributed by atoms with Crippen molar-refractivity contribution in [2.45, 2.75) is 11.4 Å². The number of sulfone groups is 1. The van der Waals surface area contributed by atoms with Gasteiger partial charge in [-0.3, -0.25) is 4.99 Å². The highest BCUT2D eigenvalue weighted by Gasteiger charge is 2.06. The Morgan fingerprint density at radius 1 is 1.20 bits per heavy atom. The predicted octanol–water partition coefficient (Wildman–Crippen LogP) is 2.05. The Morgan fingerprint density at radius 2 is 1.92 bits per heavy atom. The quantitative estimate of drug-likeness (QED) is 0.273. The minimum atomic E-state index is -3.18. The lowest BCUT2D eigenvalue weighted by atomic mass is 10.3. The second-order valence-corrected chi connectivity index (χ2v) is 7.04. The standard InChI is InChI=1S/C16H21N3O4S.HI/c1-17-16(19-12-14-4-3-10-22-14)18-9-11-23-13-5-7-15(8-6-13)24(2,20)21;/h3-8,10H,9,11-12H2,1-2H3,(H2,17,18,19);1H. The van der Waals surface area contributed by atoms with Gasteiger partial charge in [-0.05, 0) is 36.4 Å². The summed E-state index contributed by atoms with van der Waals surface area (Å²) in [6, 6.07) is 10.0. The first-order valence-corrected chi connectivity index (χ1v) is 9.28. The third kappa shape index (κ3) is 7.34. The van der Waals surface area contributed by atoms with Crippen LogP contribution < -0.4 is 15.4 Å². The van der Waals surface area contributed by atoms with Gasteiger partial charge in [0.25, 0.3) is 0 Å². The maximum atomic E-state index is 11.4. The number of rotatable bonds is 7.